The number of benzene rings is 2. The Kier molecular flexibility index (Phi) is 6.27. The summed E-state index contributed by atoms with van der Waals surface area (Å²) in [6.45, 7) is 1.40. The quantitative estimate of drug-likeness (QED) is 0.456. The second-order valence-electron chi connectivity index (χ2n) is 6.20. The largest absolute Gasteiger partial charge is 0.378 e. The molecule has 1 aromatic heterocycles. The fourth-order valence-electron chi connectivity index (χ4n) is 2.71. The van der Waals surface area contributed by atoms with Crippen molar-refractivity contribution in [2.75, 3.05) is 10.0 Å². The van der Waals surface area contributed by atoms with Crippen LogP contribution in [0.15, 0.2) is 46.1 Å². The lowest BCUT2D eigenvalue weighted by molar-refractivity contribution is 0.151. The first kappa shape index (κ1) is 22.0. The molecule has 0 amide bonds. The van der Waals surface area contributed by atoms with Crippen LogP contribution < -0.4 is 10.0 Å². The third-order valence-corrected chi connectivity index (χ3v) is 6.05. The number of alkyl halides is 2. The highest BCUT2D eigenvalue weighted by Crippen LogP contribution is 2.30. The van der Waals surface area contributed by atoms with E-state index in [1.807, 2.05) is 4.72 Å². The van der Waals surface area contributed by atoms with Crippen molar-refractivity contribution in [2.24, 2.45) is 0 Å². The van der Waals surface area contributed by atoms with Crippen LogP contribution in [0.25, 0.3) is 0 Å². The van der Waals surface area contributed by atoms with E-state index >= 15 is 0 Å². The lowest BCUT2D eigenvalue weighted by atomic mass is 10.0. The predicted molar refractivity (Wildman–Crippen MR) is 103 cm³/mol. The molecule has 3 aromatic rings. The van der Waals surface area contributed by atoms with Crippen LogP contribution in [0.2, 0.25) is 0 Å². The Morgan fingerprint density at radius 1 is 1.03 bits per heavy atom. The molecule has 3 rings (SSSR count). The minimum absolute atomic E-state index is 0.0935. The van der Waals surface area contributed by atoms with Gasteiger partial charge in [0.2, 0.25) is 0 Å². The van der Waals surface area contributed by atoms with Crippen LogP contribution in [-0.2, 0) is 10.0 Å². The molecule has 2 aromatic carbocycles. The van der Waals surface area contributed by atoms with Crippen molar-refractivity contribution in [1.29, 1.82) is 0 Å². The van der Waals surface area contributed by atoms with Gasteiger partial charge in [0.15, 0.2) is 10.7 Å². The normalized spacial score (nSPS) is 12.8. The molecule has 0 aliphatic heterocycles. The van der Waals surface area contributed by atoms with Gasteiger partial charge in [0.1, 0.15) is 17.5 Å². The van der Waals surface area contributed by atoms with Crippen LogP contribution in [-0.4, -0.2) is 13.4 Å². The van der Waals surface area contributed by atoms with Crippen molar-refractivity contribution in [3.63, 3.8) is 0 Å². The zero-order valence-electron chi connectivity index (χ0n) is 15.2. The van der Waals surface area contributed by atoms with E-state index in [9.17, 15) is 30.4 Å². The van der Waals surface area contributed by atoms with Crippen LogP contribution in [0.4, 0.5) is 33.5 Å². The number of thiazole rings is 1. The molecule has 0 radical (unpaired) electrons. The molecule has 0 saturated carbocycles. The molecular formula is C18H14F5N3O2S2. The number of anilines is 2. The monoisotopic (exact) mass is 463 g/mol. The molecule has 0 spiro atoms. The van der Waals surface area contributed by atoms with E-state index in [2.05, 4.69) is 10.3 Å². The average molecular weight is 463 g/mol. The number of hydrogen-bond acceptors (Lipinski definition) is 5. The van der Waals surface area contributed by atoms with Crippen LogP contribution in [0.5, 0.6) is 0 Å². The van der Waals surface area contributed by atoms with Crippen LogP contribution in [0.1, 0.15) is 30.5 Å². The second kappa shape index (κ2) is 8.56. The molecule has 160 valence electrons. The molecule has 0 fully saturated rings. The summed E-state index contributed by atoms with van der Waals surface area (Å²) in [6, 6.07) is 3.23. The molecule has 1 atom stereocenters. The Bertz CT molecular complexity index is 1130. The van der Waals surface area contributed by atoms with Crippen molar-refractivity contribution < 1.29 is 30.4 Å². The Balaban J connectivity index is 1.88. The lowest BCUT2D eigenvalue weighted by Crippen LogP contribution is -2.17. The zero-order chi connectivity index (χ0) is 22.1. The van der Waals surface area contributed by atoms with Gasteiger partial charge in [-0.1, -0.05) is 6.07 Å². The third-order valence-electron chi connectivity index (χ3n) is 4.06. The van der Waals surface area contributed by atoms with Gasteiger partial charge in [0.25, 0.3) is 16.4 Å². The fourth-order valence-corrected chi connectivity index (χ4v) is 4.39. The first-order valence-corrected chi connectivity index (χ1v) is 10.7. The van der Waals surface area contributed by atoms with Gasteiger partial charge in [0, 0.05) is 22.2 Å². The third kappa shape index (κ3) is 4.70. The number of sulfonamides is 1. The first-order valence-electron chi connectivity index (χ1n) is 8.32. The van der Waals surface area contributed by atoms with Crippen molar-refractivity contribution in [2.45, 2.75) is 24.3 Å². The van der Waals surface area contributed by atoms with Gasteiger partial charge in [-0.3, -0.25) is 4.72 Å². The minimum atomic E-state index is -4.59. The number of hydrogen-bond donors (Lipinski definition) is 2. The number of halogens is 5. The Hall–Kier alpha value is -2.73. The standard InChI is InChI=1S/C18H14F5N3O2S2/c1-9(12-4-10(18(22)23)2-3-13(12)19)25-11-5-14(20)17(15(21)6-11)30(27,28)26-16-7-29-8-24-16/h2-9,18,25-26H,1H3. The molecule has 0 aliphatic rings. The Morgan fingerprint density at radius 2 is 1.70 bits per heavy atom. The zero-order valence-corrected chi connectivity index (χ0v) is 16.8. The highest BCUT2D eigenvalue weighted by Gasteiger charge is 2.26. The second-order valence-corrected chi connectivity index (χ2v) is 8.53. The Morgan fingerprint density at radius 3 is 2.27 bits per heavy atom. The van der Waals surface area contributed by atoms with E-state index < -0.39 is 50.4 Å². The molecule has 0 saturated heterocycles. The van der Waals surface area contributed by atoms with Gasteiger partial charge in [-0.2, -0.15) is 0 Å². The van der Waals surface area contributed by atoms with Crippen molar-refractivity contribution in [3.8, 4) is 0 Å². The molecule has 1 heterocycles. The fraction of sp³-hybridized carbons (Fsp3) is 0.167. The summed E-state index contributed by atoms with van der Waals surface area (Å²) in [6.07, 6.45) is -2.82. The maximum atomic E-state index is 14.4. The highest BCUT2D eigenvalue weighted by atomic mass is 32.2. The lowest BCUT2D eigenvalue weighted by Gasteiger charge is -2.18. The van der Waals surface area contributed by atoms with Crippen molar-refractivity contribution in [3.05, 3.63) is 69.8 Å². The van der Waals surface area contributed by atoms with Crippen LogP contribution in [0.3, 0.4) is 0 Å². The van der Waals surface area contributed by atoms with E-state index in [0.29, 0.717) is 12.1 Å². The van der Waals surface area contributed by atoms with Crippen LogP contribution in [0, 0.1) is 17.5 Å². The summed E-state index contributed by atoms with van der Waals surface area (Å²) in [5.74, 6) is -3.67. The number of rotatable bonds is 7. The predicted octanol–water partition coefficient (Wildman–Crippen LogP) is 5.47. The summed E-state index contributed by atoms with van der Waals surface area (Å²) in [5.41, 5.74) is 0.579. The summed E-state index contributed by atoms with van der Waals surface area (Å²) in [5, 5.41) is 3.92. The summed E-state index contributed by atoms with van der Waals surface area (Å²) in [7, 11) is -4.59. The molecule has 2 N–H and O–H groups in total. The van der Waals surface area contributed by atoms with E-state index in [1.165, 1.54) is 17.8 Å². The molecule has 5 nitrogen and oxygen atoms in total. The van der Waals surface area contributed by atoms with Gasteiger partial charge in [0.05, 0.1) is 11.6 Å². The average Bonchev–Trinajstić information content (AvgIpc) is 3.13. The molecular weight excluding hydrogens is 449 g/mol. The maximum absolute atomic E-state index is 14.4. The van der Waals surface area contributed by atoms with E-state index in [-0.39, 0.29) is 17.1 Å². The van der Waals surface area contributed by atoms with E-state index in [0.717, 1.165) is 29.5 Å². The van der Waals surface area contributed by atoms with Crippen molar-refractivity contribution >= 4 is 32.9 Å². The van der Waals surface area contributed by atoms with Crippen molar-refractivity contribution in [1.82, 2.24) is 4.98 Å². The molecule has 1 unspecified atom stereocenters. The summed E-state index contributed by atoms with van der Waals surface area (Å²) >= 11 is 1.08. The molecule has 0 bridgehead atoms. The Labute approximate surface area is 172 Å². The van der Waals surface area contributed by atoms with Gasteiger partial charge in [-0.25, -0.2) is 35.4 Å². The van der Waals surface area contributed by atoms with Gasteiger partial charge >= 0.3 is 0 Å². The SMILES string of the molecule is CC(Nc1cc(F)c(S(=O)(=O)Nc2cscn2)c(F)c1)c1cc(C(F)F)ccc1F. The maximum Gasteiger partial charge on any atom is 0.268 e. The number of nitrogens with zero attached hydrogens (tertiary/aromatic N) is 1. The van der Waals surface area contributed by atoms with E-state index in [4.69, 9.17) is 0 Å². The minimum Gasteiger partial charge on any atom is -0.378 e. The molecule has 30 heavy (non-hydrogen) atoms. The topological polar surface area (TPSA) is 71.1 Å². The summed E-state index contributed by atoms with van der Waals surface area (Å²) in [4.78, 5) is 2.48. The van der Waals surface area contributed by atoms with Gasteiger partial charge in [-0.05, 0) is 31.2 Å². The van der Waals surface area contributed by atoms with Gasteiger partial charge in [-0.15, -0.1) is 11.3 Å². The summed E-state index contributed by atoms with van der Waals surface area (Å²) < 4.78 is 95.1. The number of nitrogens with one attached hydrogen (secondary N) is 2. The smallest absolute Gasteiger partial charge is 0.268 e. The number of aromatic nitrogens is 1. The highest BCUT2D eigenvalue weighted by molar-refractivity contribution is 7.92. The van der Waals surface area contributed by atoms with Crippen LogP contribution >= 0.6 is 11.3 Å². The van der Waals surface area contributed by atoms with Gasteiger partial charge < -0.3 is 5.32 Å². The van der Waals surface area contributed by atoms with E-state index in [1.54, 1.807) is 0 Å². The first-order chi connectivity index (χ1) is 14.1. The molecule has 0 aliphatic carbocycles. The molecule has 12 heteroatoms.